The minimum absolute atomic E-state index is 0.163. The van der Waals surface area contributed by atoms with E-state index >= 15 is 0 Å². The van der Waals surface area contributed by atoms with Crippen molar-refractivity contribution in [2.75, 3.05) is 6.16 Å². The van der Waals surface area contributed by atoms with Crippen LogP contribution in [0, 0.1) is 5.92 Å². The average Bonchev–Trinajstić information content (AvgIpc) is 3.21. The van der Waals surface area contributed by atoms with E-state index in [0.717, 1.165) is 12.2 Å². The van der Waals surface area contributed by atoms with Gasteiger partial charge in [0, 0.05) is 15.3 Å². The number of hydrogen-bond donors (Lipinski definition) is 3. The van der Waals surface area contributed by atoms with E-state index in [1.165, 1.54) is 47.4 Å². The summed E-state index contributed by atoms with van der Waals surface area (Å²) < 4.78 is 17.3. The van der Waals surface area contributed by atoms with Crippen LogP contribution in [0.4, 0.5) is 0 Å². The Morgan fingerprint density at radius 3 is 2.45 bits per heavy atom. The molecule has 4 N–H and O–H groups in total. The predicted octanol–water partition coefficient (Wildman–Crippen LogP) is 5.98. The highest BCUT2D eigenvalue weighted by Crippen LogP contribution is 2.37. The van der Waals surface area contributed by atoms with Crippen molar-refractivity contribution in [1.82, 2.24) is 0 Å². The van der Waals surface area contributed by atoms with Crippen LogP contribution in [0.25, 0.3) is 10.4 Å². The van der Waals surface area contributed by atoms with Gasteiger partial charge in [0.1, 0.15) is 5.75 Å². The molecule has 0 radical (unpaired) electrons. The first-order valence-corrected chi connectivity index (χ1v) is 13.9. The second kappa shape index (κ2) is 10.6. The summed E-state index contributed by atoms with van der Waals surface area (Å²) in [6, 6.07) is 12.6. The molecule has 0 amide bonds. The van der Waals surface area contributed by atoms with E-state index in [2.05, 4.69) is 43.3 Å². The van der Waals surface area contributed by atoms with Gasteiger partial charge in [0.05, 0.1) is 12.3 Å². The molecule has 31 heavy (non-hydrogen) atoms. The van der Waals surface area contributed by atoms with Gasteiger partial charge in [-0.1, -0.05) is 19.3 Å². The number of hydrogen-bond acceptors (Lipinski definition) is 4. The van der Waals surface area contributed by atoms with Crippen LogP contribution >= 0.6 is 18.9 Å². The van der Waals surface area contributed by atoms with Gasteiger partial charge in [-0.3, -0.25) is 4.57 Å². The van der Waals surface area contributed by atoms with E-state index in [4.69, 9.17) is 20.3 Å². The lowest BCUT2D eigenvalue weighted by Gasteiger charge is -2.28. The summed E-state index contributed by atoms with van der Waals surface area (Å²) in [7, 11) is -4.00. The molecular weight excluding hydrogens is 429 g/mol. The highest BCUT2D eigenvalue weighted by atomic mass is 32.1. The van der Waals surface area contributed by atoms with Crippen LogP contribution in [0.5, 0.6) is 5.75 Å². The molecule has 1 aromatic heterocycles. The van der Waals surface area contributed by atoms with Crippen molar-refractivity contribution in [3.63, 3.8) is 0 Å². The van der Waals surface area contributed by atoms with Crippen LogP contribution in [0.15, 0.2) is 36.4 Å². The predicted molar refractivity (Wildman–Crippen MR) is 129 cm³/mol. The Bertz CT molecular complexity index is 868. The lowest BCUT2D eigenvalue weighted by molar-refractivity contribution is 0.123. The van der Waals surface area contributed by atoms with E-state index < -0.39 is 13.1 Å². The largest absolute Gasteiger partial charge is 0.490 e. The molecule has 0 bridgehead atoms. The summed E-state index contributed by atoms with van der Waals surface area (Å²) in [5.74, 6) is 1.60. The standard InChI is InChI=1S/C24H36NO4PS/c1-18(19-6-4-3-5-7-19)29-21-10-8-20(9-11-21)23-13-12-22(31-23)14-15-24(2,25)16-17-30(26,27)28/h8-13,18-19H,3-7,14-17,25H2,1-2H3,(H2,26,27,28). The van der Waals surface area contributed by atoms with Crippen LogP contribution in [0.3, 0.4) is 0 Å². The van der Waals surface area contributed by atoms with Gasteiger partial charge >= 0.3 is 7.60 Å². The fraction of sp³-hybridized carbons (Fsp3) is 0.583. The molecule has 2 unspecified atom stereocenters. The van der Waals surface area contributed by atoms with Crippen molar-refractivity contribution in [3.05, 3.63) is 41.3 Å². The molecule has 5 nitrogen and oxygen atoms in total. The van der Waals surface area contributed by atoms with Gasteiger partial charge in [-0.2, -0.15) is 0 Å². The first-order chi connectivity index (χ1) is 14.6. The van der Waals surface area contributed by atoms with Crippen molar-refractivity contribution in [2.45, 2.75) is 76.9 Å². The number of aryl methyl sites for hydroxylation is 1. The fourth-order valence-electron chi connectivity index (χ4n) is 4.21. The summed E-state index contributed by atoms with van der Waals surface area (Å²) in [6.07, 6.45) is 8.47. The maximum atomic E-state index is 11.1. The Kier molecular flexibility index (Phi) is 8.39. The highest BCUT2D eigenvalue weighted by Gasteiger charge is 2.24. The van der Waals surface area contributed by atoms with Gasteiger partial charge < -0.3 is 20.3 Å². The van der Waals surface area contributed by atoms with Crippen LogP contribution < -0.4 is 10.5 Å². The van der Waals surface area contributed by atoms with E-state index in [1.807, 2.05) is 6.92 Å². The summed E-state index contributed by atoms with van der Waals surface area (Å²) in [4.78, 5) is 20.6. The molecular formula is C24H36NO4PS. The maximum Gasteiger partial charge on any atom is 0.325 e. The third-order valence-corrected chi connectivity index (χ3v) is 8.35. The molecule has 1 aromatic carbocycles. The third kappa shape index (κ3) is 8.03. The fourth-order valence-corrected chi connectivity index (χ4v) is 6.03. The van der Waals surface area contributed by atoms with Gasteiger partial charge in [-0.25, -0.2) is 0 Å². The first-order valence-electron chi connectivity index (χ1n) is 11.3. The molecule has 1 heterocycles. The number of rotatable bonds is 10. The summed E-state index contributed by atoms with van der Waals surface area (Å²) in [6.45, 7) is 4.06. The third-order valence-electron chi connectivity index (χ3n) is 6.35. The Hall–Kier alpha value is -1.17. The van der Waals surface area contributed by atoms with Crippen LogP contribution in [0.2, 0.25) is 0 Å². The van der Waals surface area contributed by atoms with E-state index in [0.29, 0.717) is 18.8 Å². The number of thiophene rings is 1. The molecule has 2 atom stereocenters. The molecule has 1 aliphatic carbocycles. The zero-order chi connectivity index (χ0) is 22.5. The molecule has 7 heteroatoms. The van der Waals surface area contributed by atoms with Crippen molar-refractivity contribution in [1.29, 1.82) is 0 Å². The molecule has 0 spiro atoms. The van der Waals surface area contributed by atoms with E-state index in [1.54, 1.807) is 11.3 Å². The topological polar surface area (TPSA) is 92.8 Å². The highest BCUT2D eigenvalue weighted by molar-refractivity contribution is 7.51. The van der Waals surface area contributed by atoms with Crippen molar-refractivity contribution in [2.24, 2.45) is 11.7 Å². The lowest BCUT2D eigenvalue weighted by Crippen LogP contribution is -2.37. The zero-order valence-corrected chi connectivity index (χ0v) is 20.3. The van der Waals surface area contributed by atoms with Crippen molar-refractivity contribution < 1.29 is 19.1 Å². The van der Waals surface area contributed by atoms with Crippen LogP contribution in [0.1, 0.15) is 63.7 Å². The van der Waals surface area contributed by atoms with Crippen molar-refractivity contribution in [3.8, 4) is 16.2 Å². The number of benzene rings is 1. The quantitative estimate of drug-likeness (QED) is 0.375. The normalized spacial score (nSPS) is 18.5. The number of nitrogens with two attached hydrogens (primary N) is 1. The molecule has 0 saturated heterocycles. The Balaban J connectivity index is 1.52. The second-order valence-electron chi connectivity index (χ2n) is 9.30. The van der Waals surface area contributed by atoms with Gasteiger partial charge in [0.2, 0.25) is 0 Å². The summed E-state index contributed by atoms with van der Waals surface area (Å²) in [5, 5.41) is 0. The average molecular weight is 466 g/mol. The van der Waals surface area contributed by atoms with Crippen LogP contribution in [-0.2, 0) is 11.0 Å². The summed E-state index contributed by atoms with van der Waals surface area (Å²) in [5.41, 5.74) is 6.84. The Morgan fingerprint density at radius 2 is 1.81 bits per heavy atom. The van der Waals surface area contributed by atoms with E-state index in [-0.39, 0.29) is 12.3 Å². The smallest absolute Gasteiger partial charge is 0.325 e. The molecule has 3 rings (SSSR count). The maximum absolute atomic E-state index is 11.1. The molecule has 2 aromatic rings. The molecule has 0 aliphatic heterocycles. The van der Waals surface area contributed by atoms with E-state index in [9.17, 15) is 4.57 Å². The minimum atomic E-state index is -4.00. The SMILES string of the molecule is CC(Oc1ccc(-c2ccc(CCC(C)(N)CCP(=O)(O)O)s2)cc1)C1CCCCC1. The second-order valence-corrected chi connectivity index (χ2v) is 12.2. The van der Waals surface area contributed by atoms with Gasteiger partial charge in [-0.15, -0.1) is 11.3 Å². The van der Waals surface area contributed by atoms with Crippen LogP contribution in [-0.4, -0.2) is 27.6 Å². The zero-order valence-electron chi connectivity index (χ0n) is 18.6. The molecule has 1 fully saturated rings. The summed E-state index contributed by atoms with van der Waals surface area (Å²) >= 11 is 1.74. The van der Waals surface area contributed by atoms with Crippen molar-refractivity contribution >= 4 is 18.9 Å². The molecule has 1 aliphatic rings. The Labute approximate surface area is 190 Å². The van der Waals surface area contributed by atoms with Gasteiger partial charge in [-0.05, 0) is 93.8 Å². The van der Waals surface area contributed by atoms with Gasteiger partial charge in [0.15, 0.2) is 0 Å². The minimum Gasteiger partial charge on any atom is -0.490 e. The monoisotopic (exact) mass is 465 g/mol. The first kappa shape index (κ1) is 24.5. The van der Waals surface area contributed by atoms with Gasteiger partial charge in [0.25, 0.3) is 0 Å². The number of ether oxygens (including phenoxy) is 1. The lowest BCUT2D eigenvalue weighted by atomic mass is 9.86. The Morgan fingerprint density at radius 1 is 1.13 bits per heavy atom. The molecule has 1 saturated carbocycles. The molecule has 172 valence electrons.